The molecule has 1 saturated heterocycles. The van der Waals surface area contributed by atoms with Crippen LogP contribution in [0.4, 0.5) is 9.18 Å². The van der Waals surface area contributed by atoms with Crippen LogP contribution in [0.15, 0.2) is 42.6 Å². The van der Waals surface area contributed by atoms with E-state index in [0.717, 1.165) is 45.3 Å². The number of ether oxygens (including phenoxy) is 1. The highest BCUT2D eigenvalue weighted by Gasteiger charge is 2.46. The average molecular weight is 469 g/mol. The first-order valence-electron chi connectivity index (χ1n) is 11.9. The van der Waals surface area contributed by atoms with E-state index in [1.807, 2.05) is 20.8 Å². The van der Waals surface area contributed by atoms with Crippen LogP contribution in [0.2, 0.25) is 0 Å². The van der Waals surface area contributed by atoms with Crippen molar-refractivity contribution in [1.29, 1.82) is 0 Å². The second-order valence-electron chi connectivity index (χ2n) is 10.4. The molecule has 34 heavy (non-hydrogen) atoms. The number of likely N-dealkylation sites (tertiary alicyclic amines) is 1. The molecule has 1 saturated carbocycles. The summed E-state index contributed by atoms with van der Waals surface area (Å²) in [6.45, 7) is 8.11. The monoisotopic (exact) mass is 468 g/mol. The number of nitrogens with one attached hydrogen (secondary N) is 2. The average Bonchev–Trinajstić information content (AvgIpc) is 3.52. The zero-order valence-electron chi connectivity index (χ0n) is 20.1. The molecule has 2 aromatic rings. The van der Waals surface area contributed by atoms with Gasteiger partial charge >= 0.3 is 6.09 Å². The number of nitrogens with zero attached hydrogens (tertiary/aromatic N) is 2. The molecule has 4 rings (SSSR count). The summed E-state index contributed by atoms with van der Waals surface area (Å²) in [4.78, 5) is 31.5. The number of hydrogen-bond acceptors (Lipinski definition) is 5. The first-order valence-corrected chi connectivity index (χ1v) is 11.9. The SMILES string of the molecule is CC(C)(C)OC(=O)NC1(CN2CCC(NC(=O)c3ccc(-c4cccc(F)c4)nc3)CC2)CC1. The lowest BCUT2D eigenvalue weighted by Crippen LogP contribution is -2.51. The standard InChI is InChI=1S/C26H33FN4O3/c1-25(2,3)34-24(33)30-26(11-12-26)17-31-13-9-21(10-14-31)29-23(32)19-7-8-22(28-16-19)18-5-4-6-20(27)15-18/h4-8,15-16,21H,9-14,17H2,1-3H3,(H,29,32)(H,30,33). The van der Waals surface area contributed by atoms with Crippen molar-refractivity contribution in [3.8, 4) is 11.3 Å². The number of hydrogen-bond donors (Lipinski definition) is 2. The molecule has 2 N–H and O–H groups in total. The van der Waals surface area contributed by atoms with Gasteiger partial charge in [0.25, 0.3) is 5.91 Å². The summed E-state index contributed by atoms with van der Waals surface area (Å²) >= 11 is 0. The maximum atomic E-state index is 13.4. The Kier molecular flexibility index (Phi) is 6.89. The number of carbonyl (C=O) groups excluding carboxylic acids is 2. The van der Waals surface area contributed by atoms with Crippen LogP contribution in [-0.2, 0) is 4.74 Å². The normalized spacial score (nSPS) is 18.2. The van der Waals surface area contributed by atoms with Crippen molar-refractivity contribution in [2.45, 2.75) is 63.6 Å². The van der Waals surface area contributed by atoms with Crippen LogP contribution < -0.4 is 10.6 Å². The lowest BCUT2D eigenvalue weighted by Gasteiger charge is -2.35. The van der Waals surface area contributed by atoms with Gasteiger partial charge in [0.1, 0.15) is 11.4 Å². The first kappa shape index (κ1) is 24.1. The van der Waals surface area contributed by atoms with Gasteiger partial charge in [-0.25, -0.2) is 9.18 Å². The fourth-order valence-electron chi connectivity index (χ4n) is 4.27. The molecule has 2 fully saturated rings. The van der Waals surface area contributed by atoms with Crippen LogP contribution in [0.3, 0.4) is 0 Å². The predicted octanol–water partition coefficient (Wildman–Crippen LogP) is 4.14. The Hall–Kier alpha value is -3.00. The van der Waals surface area contributed by atoms with E-state index < -0.39 is 5.60 Å². The summed E-state index contributed by atoms with van der Waals surface area (Å²) in [7, 11) is 0. The molecule has 1 aromatic carbocycles. The lowest BCUT2D eigenvalue weighted by atomic mass is 10.0. The Morgan fingerprint density at radius 2 is 1.91 bits per heavy atom. The minimum atomic E-state index is -0.508. The van der Waals surface area contributed by atoms with Crippen LogP contribution in [0.25, 0.3) is 11.3 Å². The van der Waals surface area contributed by atoms with Gasteiger partial charge in [0.2, 0.25) is 0 Å². The van der Waals surface area contributed by atoms with E-state index in [1.54, 1.807) is 24.3 Å². The second kappa shape index (κ2) is 9.70. The maximum absolute atomic E-state index is 13.4. The Bertz CT molecular complexity index is 1020. The van der Waals surface area contributed by atoms with Crippen molar-refractivity contribution in [3.63, 3.8) is 0 Å². The number of alkyl carbamates (subject to hydrolysis) is 1. The molecule has 1 aliphatic carbocycles. The van der Waals surface area contributed by atoms with Crippen LogP contribution >= 0.6 is 0 Å². The molecule has 0 radical (unpaired) electrons. The van der Waals surface area contributed by atoms with Gasteiger partial charge in [-0.15, -0.1) is 0 Å². The molecule has 0 atom stereocenters. The van der Waals surface area contributed by atoms with Gasteiger partial charge in [-0.05, 0) is 70.7 Å². The molecule has 1 aromatic heterocycles. The third-order valence-electron chi connectivity index (χ3n) is 6.21. The lowest BCUT2D eigenvalue weighted by molar-refractivity contribution is 0.0474. The molecule has 0 spiro atoms. The van der Waals surface area contributed by atoms with Gasteiger partial charge in [-0.3, -0.25) is 9.78 Å². The molecule has 0 bridgehead atoms. The largest absolute Gasteiger partial charge is 0.444 e. The van der Waals surface area contributed by atoms with Crippen molar-refractivity contribution < 1.29 is 18.7 Å². The number of piperidine rings is 1. The highest BCUT2D eigenvalue weighted by atomic mass is 19.1. The molecule has 2 heterocycles. The molecule has 8 heteroatoms. The van der Waals surface area contributed by atoms with Crippen LogP contribution in [0, 0.1) is 5.82 Å². The summed E-state index contributed by atoms with van der Waals surface area (Å²) in [5.41, 5.74) is 1.09. The summed E-state index contributed by atoms with van der Waals surface area (Å²) in [6.07, 6.45) is 4.79. The first-order chi connectivity index (χ1) is 16.1. The van der Waals surface area contributed by atoms with Crippen molar-refractivity contribution >= 4 is 12.0 Å². The summed E-state index contributed by atoms with van der Waals surface area (Å²) in [5, 5.41) is 6.16. The minimum absolute atomic E-state index is 0.0978. The van der Waals surface area contributed by atoms with Gasteiger partial charge in [-0.2, -0.15) is 0 Å². The number of halogens is 1. The minimum Gasteiger partial charge on any atom is -0.444 e. The Morgan fingerprint density at radius 1 is 1.18 bits per heavy atom. The van der Waals surface area contributed by atoms with Gasteiger partial charge in [-0.1, -0.05) is 12.1 Å². The Balaban J connectivity index is 1.23. The fourth-order valence-corrected chi connectivity index (χ4v) is 4.27. The third kappa shape index (κ3) is 6.53. The topological polar surface area (TPSA) is 83.6 Å². The summed E-state index contributed by atoms with van der Waals surface area (Å²) in [5.74, 6) is -0.470. The van der Waals surface area contributed by atoms with Crippen molar-refractivity contribution in [2.24, 2.45) is 0 Å². The number of carbonyl (C=O) groups is 2. The van der Waals surface area contributed by atoms with Crippen LogP contribution in [0.1, 0.15) is 56.8 Å². The molecular formula is C26H33FN4O3. The van der Waals surface area contributed by atoms with Crippen molar-refractivity contribution in [3.05, 3.63) is 54.0 Å². The number of aromatic nitrogens is 1. The van der Waals surface area contributed by atoms with E-state index in [-0.39, 0.29) is 29.4 Å². The number of benzene rings is 1. The molecule has 2 aliphatic rings. The second-order valence-corrected chi connectivity index (χ2v) is 10.4. The van der Waals surface area contributed by atoms with E-state index >= 15 is 0 Å². The number of rotatable bonds is 6. The van der Waals surface area contributed by atoms with E-state index in [1.165, 1.54) is 18.3 Å². The Labute approximate surface area is 200 Å². The smallest absolute Gasteiger partial charge is 0.408 e. The van der Waals surface area contributed by atoms with Crippen LogP contribution in [-0.4, -0.2) is 58.7 Å². The zero-order valence-corrected chi connectivity index (χ0v) is 20.1. The molecule has 7 nitrogen and oxygen atoms in total. The van der Waals surface area contributed by atoms with Gasteiger partial charge < -0.3 is 20.3 Å². The van der Waals surface area contributed by atoms with E-state index in [9.17, 15) is 14.0 Å². The van der Waals surface area contributed by atoms with Gasteiger partial charge in [0, 0.05) is 37.4 Å². The van der Waals surface area contributed by atoms with Crippen LogP contribution in [0.5, 0.6) is 0 Å². The Morgan fingerprint density at radius 3 is 2.50 bits per heavy atom. The number of amides is 2. The number of pyridine rings is 1. The summed E-state index contributed by atoms with van der Waals surface area (Å²) < 4.78 is 18.8. The van der Waals surface area contributed by atoms with E-state index in [2.05, 4.69) is 20.5 Å². The highest BCUT2D eigenvalue weighted by Crippen LogP contribution is 2.37. The molecule has 1 aliphatic heterocycles. The van der Waals surface area contributed by atoms with Crippen molar-refractivity contribution in [1.82, 2.24) is 20.5 Å². The van der Waals surface area contributed by atoms with Gasteiger partial charge in [0.05, 0.1) is 16.8 Å². The van der Waals surface area contributed by atoms with E-state index in [0.29, 0.717) is 16.8 Å². The van der Waals surface area contributed by atoms with Crippen molar-refractivity contribution in [2.75, 3.05) is 19.6 Å². The van der Waals surface area contributed by atoms with Gasteiger partial charge in [0.15, 0.2) is 0 Å². The third-order valence-corrected chi connectivity index (χ3v) is 6.21. The quantitative estimate of drug-likeness (QED) is 0.666. The molecule has 182 valence electrons. The highest BCUT2D eigenvalue weighted by molar-refractivity contribution is 5.94. The molecule has 0 unspecified atom stereocenters. The molecular weight excluding hydrogens is 435 g/mol. The van der Waals surface area contributed by atoms with E-state index in [4.69, 9.17) is 4.74 Å². The fraction of sp³-hybridized carbons (Fsp3) is 0.500. The molecule has 2 amide bonds. The maximum Gasteiger partial charge on any atom is 0.408 e. The predicted molar refractivity (Wildman–Crippen MR) is 128 cm³/mol. The zero-order chi connectivity index (χ0) is 24.3. The summed E-state index contributed by atoms with van der Waals surface area (Å²) in [6, 6.07) is 9.78.